The van der Waals surface area contributed by atoms with E-state index in [-0.39, 0.29) is 6.10 Å². The number of hydrogen-bond donors (Lipinski definition) is 0. The molecule has 0 unspecified atom stereocenters. The molecule has 0 atom stereocenters. The predicted molar refractivity (Wildman–Crippen MR) is 117 cm³/mol. The van der Waals surface area contributed by atoms with E-state index in [9.17, 15) is 8.42 Å². The first kappa shape index (κ1) is 20.8. The fourth-order valence-electron chi connectivity index (χ4n) is 4.18. The molecule has 0 N–H and O–H groups in total. The average Bonchev–Trinajstić information content (AvgIpc) is 3.11. The van der Waals surface area contributed by atoms with E-state index in [0.29, 0.717) is 23.9 Å². The Morgan fingerprint density at radius 2 is 1.86 bits per heavy atom. The minimum absolute atomic E-state index is 0.266. The van der Waals surface area contributed by atoms with Crippen LogP contribution in [0.1, 0.15) is 37.1 Å². The largest absolute Gasteiger partial charge is 0.481 e. The molecular formula is C22H30N2O3S2. The van der Waals surface area contributed by atoms with Gasteiger partial charge in [0.25, 0.3) is 0 Å². The molecule has 0 radical (unpaired) electrons. The summed E-state index contributed by atoms with van der Waals surface area (Å²) in [5.41, 5.74) is 1.09. The number of nitrogens with zero attached hydrogens (tertiary/aromatic N) is 2. The van der Waals surface area contributed by atoms with Crippen LogP contribution in [0, 0.1) is 5.92 Å². The van der Waals surface area contributed by atoms with Crippen molar-refractivity contribution in [2.45, 2.75) is 50.7 Å². The van der Waals surface area contributed by atoms with Gasteiger partial charge in [-0.1, -0.05) is 32.0 Å². The first-order valence-corrected chi connectivity index (χ1v) is 12.7. The van der Waals surface area contributed by atoms with E-state index in [2.05, 4.69) is 24.8 Å². The third-order valence-corrected chi connectivity index (χ3v) is 8.62. The highest BCUT2D eigenvalue weighted by atomic mass is 32.2. The van der Waals surface area contributed by atoms with E-state index in [1.807, 2.05) is 6.07 Å². The summed E-state index contributed by atoms with van der Waals surface area (Å²) in [5, 5.41) is 0.941. The average molecular weight is 435 g/mol. The number of thiophene rings is 1. The lowest BCUT2D eigenvalue weighted by molar-refractivity contribution is 0.0968. The van der Waals surface area contributed by atoms with Crippen molar-refractivity contribution in [3.8, 4) is 5.06 Å². The number of rotatable bonds is 6. The van der Waals surface area contributed by atoms with E-state index in [1.54, 1.807) is 39.9 Å². The molecule has 4 rings (SSSR count). The van der Waals surface area contributed by atoms with Crippen LogP contribution in [0.4, 0.5) is 0 Å². The molecule has 0 aliphatic carbocycles. The zero-order valence-electron chi connectivity index (χ0n) is 17.2. The van der Waals surface area contributed by atoms with E-state index in [0.717, 1.165) is 49.5 Å². The summed E-state index contributed by atoms with van der Waals surface area (Å²) >= 11 is 1.69. The Hall–Kier alpha value is -1.41. The van der Waals surface area contributed by atoms with Crippen LogP contribution in [0.15, 0.2) is 41.3 Å². The van der Waals surface area contributed by atoms with Crippen LogP contribution in [0.25, 0.3) is 0 Å². The molecule has 1 saturated heterocycles. The number of hydrogen-bond acceptors (Lipinski definition) is 5. The van der Waals surface area contributed by atoms with Gasteiger partial charge in [0, 0.05) is 37.6 Å². The molecule has 0 spiro atoms. The van der Waals surface area contributed by atoms with Crippen LogP contribution >= 0.6 is 11.3 Å². The van der Waals surface area contributed by atoms with Gasteiger partial charge in [0.05, 0.1) is 4.90 Å². The topological polar surface area (TPSA) is 49.9 Å². The van der Waals surface area contributed by atoms with E-state index in [4.69, 9.17) is 4.74 Å². The smallest absolute Gasteiger partial charge is 0.243 e. The van der Waals surface area contributed by atoms with Gasteiger partial charge in [-0.3, -0.25) is 0 Å². The maximum atomic E-state index is 12.9. The van der Waals surface area contributed by atoms with Gasteiger partial charge < -0.3 is 9.64 Å². The SMILES string of the molecule is CC(C)CN1CCC(Oc2cc3c(s2)CCN(S(=O)(=O)c2ccccc2)C3)CC1. The number of sulfonamides is 1. The molecule has 1 aromatic carbocycles. The summed E-state index contributed by atoms with van der Waals surface area (Å²) in [6.45, 7) is 8.83. The normalized spacial score (nSPS) is 19.4. The Kier molecular flexibility index (Phi) is 6.30. The molecule has 3 heterocycles. The Balaban J connectivity index is 1.38. The highest BCUT2D eigenvalue weighted by Gasteiger charge is 2.30. The van der Waals surface area contributed by atoms with Crippen molar-refractivity contribution < 1.29 is 13.2 Å². The fraction of sp³-hybridized carbons (Fsp3) is 0.545. The molecule has 29 heavy (non-hydrogen) atoms. The van der Waals surface area contributed by atoms with Gasteiger partial charge in [0.15, 0.2) is 5.06 Å². The van der Waals surface area contributed by atoms with Gasteiger partial charge in [-0.25, -0.2) is 8.42 Å². The molecule has 7 heteroatoms. The zero-order chi connectivity index (χ0) is 20.4. The monoisotopic (exact) mass is 434 g/mol. The second kappa shape index (κ2) is 8.76. The summed E-state index contributed by atoms with van der Waals surface area (Å²) in [6.07, 6.45) is 3.14. The molecule has 158 valence electrons. The molecule has 2 aliphatic heterocycles. The molecule has 1 aromatic heterocycles. The van der Waals surface area contributed by atoms with Gasteiger partial charge in [0.1, 0.15) is 6.10 Å². The van der Waals surface area contributed by atoms with E-state index in [1.165, 1.54) is 4.88 Å². The van der Waals surface area contributed by atoms with Crippen LogP contribution in [-0.2, 0) is 23.0 Å². The molecule has 5 nitrogen and oxygen atoms in total. The summed E-state index contributed by atoms with van der Waals surface area (Å²) in [5.74, 6) is 0.701. The number of fused-ring (bicyclic) bond motifs is 1. The number of piperidine rings is 1. The van der Waals surface area contributed by atoms with E-state index < -0.39 is 10.0 Å². The Morgan fingerprint density at radius 1 is 1.14 bits per heavy atom. The lowest BCUT2D eigenvalue weighted by Gasteiger charge is -2.32. The van der Waals surface area contributed by atoms with Gasteiger partial charge in [-0.15, -0.1) is 11.3 Å². The highest BCUT2D eigenvalue weighted by Crippen LogP contribution is 2.36. The molecule has 2 aliphatic rings. The summed E-state index contributed by atoms with van der Waals surface area (Å²) in [4.78, 5) is 4.15. The first-order valence-electron chi connectivity index (χ1n) is 10.5. The molecule has 0 saturated carbocycles. The van der Waals surface area contributed by atoms with Crippen LogP contribution in [-0.4, -0.2) is 49.9 Å². The van der Waals surface area contributed by atoms with Gasteiger partial charge in [0.2, 0.25) is 10.0 Å². The van der Waals surface area contributed by atoms with Crippen molar-refractivity contribution in [1.82, 2.24) is 9.21 Å². The van der Waals surface area contributed by atoms with Gasteiger partial charge >= 0.3 is 0 Å². The molecule has 2 aromatic rings. The van der Waals surface area contributed by atoms with E-state index >= 15 is 0 Å². The molecule has 0 bridgehead atoms. The van der Waals surface area contributed by atoms with Crippen LogP contribution < -0.4 is 4.74 Å². The van der Waals surface area contributed by atoms with Crippen LogP contribution in [0.2, 0.25) is 0 Å². The first-order chi connectivity index (χ1) is 13.9. The van der Waals surface area contributed by atoms with Crippen molar-refractivity contribution in [2.75, 3.05) is 26.2 Å². The summed E-state index contributed by atoms with van der Waals surface area (Å²) in [7, 11) is -3.45. The van der Waals surface area contributed by atoms with Crippen LogP contribution in [0.3, 0.4) is 0 Å². The summed E-state index contributed by atoms with van der Waals surface area (Å²) in [6, 6.07) is 10.8. The maximum Gasteiger partial charge on any atom is 0.243 e. The lowest BCUT2D eigenvalue weighted by atomic mass is 10.1. The predicted octanol–water partition coefficient (Wildman–Crippen LogP) is 3.99. The van der Waals surface area contributed by atoms with Crippen LogP contribution in [0.5, 0.6) is 5.06 Å². The molecular weight excluding hydrogens is 404 g/mol. The minimum Gasteiger partial charge on any atom is -0.481 e. The Labute approximate surface area is 178 Å². The van der Waals surface area contributed by atoms with Crippen molar-refractivity contribution in [3.63, 3.8) is 0 Å². The molecule has 0 amide bonds. The van der Waals surface area contributed by atoms with Crippen molar-refractivity contribution >= 4 is 21.4 Å². The maximum absolute atomic E-state index is 12.9. The Morgan fingerprint density at radius 3 is 2.55 bits per heavy atom. The second-order valence-corrected chi connectivity index (χ2v) is 11.5. The van der Waals surface area contributed by atoms with Gasteiger partial charge in [-0.2, -0.15) is 4.31 Å². The lowest BCUT2D eigenvalue weighted by Crippen LogP contribution is -2.39. The third-order valence-electron chi connectivity index (χ3n) is 5.63. The second-order valence-electron chi connectivity index (χ2n) is 8.43. The third kappa shape index (κ3) is 4.85. The molecule has 1 fully saturated rings. The number of ether oxygens (including phenoxy) is 1. The fourth-order valence-corrected chi connectivity index (χ4v) is 6.69. The summed E-state index contributed by atoms with van der Waals surface area (Å²) < 4.78 is 33.7. The zero-order valence-corrected chi connectivity index (χ0v) is 18.8. The van der Waals surface area contributed by atoms with Crippen molar-refractivity contribution in [1.29, 1.82) is 0 Å². The standard InChI is InChI=1S/C22H30N2O3S2/c1-17(2)15-23-11-8-19(9-12-23)27-22-14-18-16-24(13-10-21(18)28-22)29(25,26)20-6-4-3-5-7-20/h3-7,14,17,19H,8-13,15-16H2,1-2H3. The highest BCUT2D eigenvalue weighted by molar-refractivity contribution is 7.89. The number of benzene rings is 1. The minimum atomic E-state index is -3.45. The van der Waals surface area contributed by atoms with Gasteiger partial charge in [-0.05, 0) is 48.9 Å². The van der Waals surface area contributed by atoms with Crippen molar-refractivity contribution in [2.24, 2.45) is 5.92 Å². The van der Waals surface area contributed by atoms with Crippen molar-refractivity contribution in [3.05, 3.63) is 46.8 Å². The Bertz CT molecular complexity index is 917. The quantitative estimate of drug-likeness (QED) is 0.690. The number of likely N-dealkylation sites (tertiary alicyclic amines) is 1.